The van der Waals surface area contributed by atoms with Crippen LogP contribution in [0.3, 0.4) is 0 Å². The molecule has 0 aromatic heterocycles. The highest BCUT2D eigenvalue weighted by atomic mass is 16.3. The smallest absolute Gasteiger partial charge is 0.165 e. The molecule has 2 heteroatoms. The second-order valence-electron chi connectivity index (χ2n) is 5.40. The fourth-order valence-electron chi connectivity index (χ4n) is 2.68. The first-order valence-corrected chi connectivity index (χ1v) is 6.97. The van der Waals surface area contributed by atoms with Crippen LogP contribution in [0.2, 0.25) is 0 Å². The fraction of sp³-hybridized carbons (Fsp3) is 0.562. The lowest BCUT2D eigenvalue weighted by Gasteiger charge is -2.20. The summed E-state index contributed by atoms with van der Waals surface area (Å²) in [7, 11) is 0. The Kier molecular flexibility index (Phi) is 4.54. The van der Waals surface area contributed by atoms with E-state index in [1.807, 2.05) is 31.2 Å². The minimum Gasteiger partial charge on any atom is -0.396 e. The number of benzene rings is 1. The molecule has 1 fully saturated rings. The molecule has 0 saturated heterocycles. The molecule has 98 valence electrons. The average molecular weight is 246 g/mol. The summed E-state index contributed by atoms with van der Waals surface area (Å²) in [6, 6.07) is 7.77. The van der Waals surface area contributed by atoms with Crippen molar-refractivity contribution in [2.24, 2.45) is 5.92 Å². The predicted molar refractivity (Wildman–Crippen MR) is 72.8 cm³/mol. The number of carbonyl (C=O) groups is 1. The van der Waals surface area contributed by atoms with Gasteiger partial charge in [-0.2, -0.15) is 0 Å². The molecule has 0 heterocycles. The number of ketones is 1. The highest BCUT2D eigenvalue weighted by Crippen LogP contribution is 2.27. The van der Waals surface area contributed by atoms with E-state index in [1.54, 1.807) is 0 Å². The van der Waals surface area contributed by atoms with Crippen LogP contribution in [0.5, 0.6) is 0 Å². The van der Waals surface area contributed by atoms with Crippen molar-refractivity contribution in [3.8, 4) is 0 Å². The van der Waals surface area contributed by atoms with Gasteiger partial charge in [0.05, 0.1) is 0 Å². The van der Waals surface area contributed by atoms with Gasteiger partial charge < -0.3 is 5.11 Å². The van der Waals surface area contributed by atoms with Gasteiger partial charge in [0.15, 0.2) is 5.78 Å². The van der Waals surface area contributed by atoms with Gasteiger partial charge in [0.2, 0.25) is 0 Å². The molecule has 1 aliphatic rings. The maximum atomic E-state index is 12.3. The van der Waals surface area contributed by atoms with E-state index in [0.717, 1.165) is 24.0 Å². The van der Waals surface area contributed by atoms with Crippen LogP contribution in [0.25, 0.3) is 0 Å². The lowest BCUT2D eigenvalue weighted by molar-refractivity contribution is 0.0889. The normalized spacial score (nSPS) is 18.6. The zero-order valence-electron chi connectivity index (χ0n) is 11.1. The fourth-order valence-corrected chi connectivity index (χ4v) is 2.68. The Bertz CT molecular complexity index is 388. The van der Waals surface area contributed by atoms with Gasteiger partial charge in [-0.3, -0.25) is 4.79 Å². The Morgan fingerprint density at radius 1 is 1.22 bits per heavy atom. The van der Waals surface area contributed by atoms with E-state index in [2.05, 4.69) is 0 Å². The number of carbonyl (C=O) groups excluding carboxylic acids is 1. The first-order valence-electron chi connectivity index (χ1n) is 6.97. The van der Waals surface area contributed by atoms with Crippen molar-refractivity contribution in [1.82, 2.24) is 0 Å². The standard InChI is InChI=1S/C16H22O2/c1-12(11-17)13-7-9-15(10-8-13)16(18)14-5-3-2-4-6-14/h7-10,12,14,17H,2-6,11H2,1H3. The number of rotatable bonds is 4. The van der Waals surface area contributed by atoms with E-state index < -0.39 is 0 Å². The molecule has 0 spiro atoms. The summed E-state index contributed by atoms with van der Waals surface area (Å²) in [6.45, 7) is 2.13. The quantitative estimate of drug-likeness (QED) is 0.825. The molecule has 1 saturated carbocycles. The van der Waals surface area contributed by atoms with E-state index in [1.165, 1.54) is 19.3 Å². The molecule has 1 aliphatic carbocycles. The summed E-state index contributed by atoms with van der Waals surface area (Å²) in [5.74, 6) is 0.682. The maximum absolute atomic E-state index is 12.3. The molecule has 2 nitrogen and oxygen atoms in total. The number of aliphatic hydroxyl groups is 1. The maximum Gasteiger partial charge on any atom is 0.165 e. The summed E-state index contributed by atoms with van der Waals surface area (Å²) >= 11 is 0. The van der Waals surface area contributed by atoms with E-state index in [-0.39, 0.29) is 18.4 Å². The van der Waals surface area contributed by atoms with Crippen molar-refractivity contribution < 1.29 is 9.90 Å². The van der Waals surface area contributed by atoms with Crippen LogP contribution in [-0.2, 0) is 0 Å². The lowest BCUT2D eigenvalue weighted by Crippen LogP contribution is -2.17. The SMILES string of the molecule is CC(CO)c1ccc(C(=O)C2CCCCC2)cc1. The monoisotopic (exact) mass is 246 g/mol. The first kappa shape index (κ1) is 13.3. The Balaban J connectivity index is 2.06. The molecule has 0 aliphatic heterocycles. The highest BCUT2D eigenvalue weighted by Gasteiger charge is 2.22. The summed E-state index contributed by atoms with van der Waals surface area (Å²) in [4.78, 5) is 12.3. The molecule has 1 aromatic carbocycles. The third kappa shape index (κ3) is 2.99. The Hall–Kier alpha value is -1.15. The van der Waals surface area contributed by atoms with Crippen molar-refractivity contribution in [3.05, 3.63) is 35.4 Å². The van der Waals surface area contributed by atoms with Crippen molar-refractivity contribution in [2.75, 3.05) is 6.61 Å². The summed E-state index contributed by atoms with van der Waals surface area (Å²) in [5, 5.41) is 9.10. The second-order valence-corrected chi connectivity index (χ2v) is 5.40. The molecule has 1 atom stereocenters. The predicted octanol–water partition coefficient (Wildman–Crippen LogP) is 3.55. The van der Waals surface area contributed by atoms with Crippen LogP contribution in [0, 0.1) is 5.92 Å². The summed E-state index contributed by atoms with van der Waals surface area (Å²) in [5.41, 5.74) is 1.92. The van der Waals surface area contributed by atoms with Gasteiger partial charge in [0, 0.05) is 24.0 Å². The number of aliphatic hydroxyl groups excluding tert-OH is 1. The Morgan fingerprint density at radius 2 is 1.83 bits per heavy atom. The van der Waals surface area contributed by atoms with Crippen molar-refractivity contribution >= 4 is 5.78 Å². The zero-order chi connectivity index (χ0) is 13.0. The van der Waals surface area contributed by atoms with Crippen LogP contribution in [-0.4, -0.2) is 17.5 Å². The van der Waals surface area contributed by atoms with E-state index >= 15 is 0 Å². The molecule has 1 aromatic rings. The number of hydrogen-bond donors (Lipinski definition) is 1. The van der Waals surface area contributed by atoms with Gasteiger partial charge in [-0.1, -0.05) is 50.5 Å². The van der Waals surface area contributed by atoms with E-state index in [4.69, 9.17) is 5.11 Å². The molecular formula is C16H22O2. The minimum atomic E-state index is 0.142. The molecule has 2 rings (SSSR count). The first-order chi connectivity index (χ1) is 8.72. The summed E-state index contributed by atoms with van der Waals surface area (Å²) < 4.78 is 0. The van der Waals surface area contributed by atoms with Crippen LogP contribution in [0.15, 0.2) is 24.3 Å². The molecular weight excluding hydrogens is 224 g/mol. The Morgan fingerprint density at radius 3 is 2.39 bits per heavy atom. The van der Waals surface area contributed by atoms with Gasteiger partial charge in [-0.25, -0.2) is 0 Å². The minimum absolute atomic E-state index is 0.142. The van der Waals surface area contributed by atoms with Crippen molar-refractivity contribution in [3.63, 3.8) is 0 Å². The highest BCUT2D eigenvalue weighted by molar-refractivity contribution is 5.97. The van der Waals surface area contributed by atoms with Gasteiger partial charge in [-0.05, 0) is 18.4 Å². The van der Waals surface area contributed by atoms with E-state index in [0.29, 0.717) is 5.78 Å². The van der Waals surface area contributed by atoms with Gasteiger partial charge in [0.25, 0.3) is 0 Å². The average Bonchev–Trinajstić information content (AvgIpc) is 2.47. The van der Waals surface area contributed by atoms with Crippen molar-refractivity contribution in [1.29, 1.82) is 0 Å². The molecule has 18 heavy (non-hydrogen) atoms. The van der Waals surface area contributed by atoms with E-state index in [9.17, 15) is 4.79 Å². The second kappa shape index (κ2) is 6.14. The topological polar surface area (TPSA) is 37.3 Å². The van der Waals surface area contributed by atoms with Gasteiger partial charge in [-0.15, -0.1) is 0 Å². The Labute approximate surface area is 109 Å². The van der Waals surface area contributed by atoms with Crippen LogP contribution >= 0.6 is 0 Å². The van der Waals surface area contributed by atoms with Crippen LogP contribution < -0.4 is 0 Å². The lowest BCUT2D eigenvalue weighted by atomic mass is 9.83. The molecule has 0 radical (unpaired) electrons. The number of hydrogen-bond acceptors (Lipinski definition) is 2. The third-order valence-corrected chi connectivity index (χ3v) is 4.01. The van der Waals surface area contributed by atoms with Gasteiger partial charge >= 0.3 is 0 Å². The van der Waals surface area contributed by atoms with Gasteiger partial charge in [0.1, 0.15) is 0 Å². The zero-order valence-corrected chi connectivity index (χ0v) is 11.1. The van der Waals surface area contributed by atoms with Crippen molar-refractivity contribution in [2.45, 2.75) is 44.9 Å². The third-order valence-electron chi connectivity index (χ3n) is 4.01. The summed E-state index contributed by atoms with van der Waals surface area (Å²) in [6.07, 6.45) is 5.75. The van der Waals surface area contributed by atoms with Crippen LogP contribution in [0.1, 0.15) is 60.9 Å². The number of Topliss-reactive ketones (excluding diaryl/α,β-unsaturated/α-hetero) is 1. The largest absolute Gasteiger partial charge is 0.396 e. The molecule has 0 amide bonds. The molecule has 0 bridgehead atoms. The van der Waals surface area contributed by atoms with Crippen LogP contribution in [0.4, 0.5) is 0 Å². The molecule has 1 N–H and O–H groups in total. The molecule has 1 unspecified atom stereocenters.